The molecule has 1 aromatic carbocycles. The second-order valence-electron chi connectivity index (χ2n) is 8.07. The number of nitrogens with two attached hydrogens (primary N) is 1. The Labute approximate surface area is 181 Å². The number of hydrogen-bond donors (Lipinski definition) is 4. The summed E-state index contributed by atoms with van der Waals surface area (Å²) < 4.78 is 34.7. The molecule has 1 unspecified atom stereocenters. The van der Waals surface area contributed by atoms with Crippen LogP contribution in [0.15, 0.2) is 10.9 Å². The van der Waals surface area contributed by atoms with Gasteiger partial charge in [-0.3, -0.25) is 4.79 Å². The molecule has 2 fully saturated rings. The molecular weight excluding hydrogens is 436 g/mol. The van der Waals surface area contributed by atoms with Gasteiger partial charge in [-0.15, -0.1) is 12.4 Å². The fraction of sp³-hybridized carbons (Fsp3) is 0.400. The number of anilines is 1. The van der Waals surface area contributed by atoms with E-state index in [1.165, 1.54) is 0 Å². The van der Waals surface area contributed by atoms with Crippen LogP contribution < -0.4 is 20.9 Å². The molecule has 0 amide bonds. The highest BCUT2D eigenvalue weighted by Crippen LogP contribution is 2.47. The van der Waals surface area contributed by atoms with Crippen molar-refractivity contribution in [2.45, 2.75) is 25.3 Å². The Kier molecular flexibility index (Phi) is 5.09. The summed E-state index contributed by atoms with van der Waals surface area (Å²) in [5.41, 5.74) is 5.51. The van der Waals surface area contributed by atoms with Gasteiger partial charge in [0.2, 0.25) is 5.75 Å². The van der Waals surface area contributed by atoms with E-state index < -0.39 is 34.8 Å². The average molecular weight is 456 g/mol. The molecule has 0 bridgehead atoms. The van der Waals surface area contributed by atoms with Crippen molar-refractivity contribution >= 4 is 24.2 Å². The van der Waals surface area contributed by atoms with Crippen LogP contribution in [-0.4, -0.2) is 40.5 Å². The highest BCUT2D eigenvalue weighted by Gasteiger charge is 2.54. The van der Waals surface area contributed by atoms with E-state index in [1.807, 2.05) is 0 Å². The van der Waals surface area contributed by atoms with Crippen LogP contribution in [0, 0.1) is 23.5 Å². The number of hydrogen-bond acceptors (Lipinski definition) is 6. The quantitative estimate of drug-likeness (QED) is 0.512. The predicted molar refractivity (Wildman–Crippen MR) is 109 cm³/mol. The Morgan fingerprint density at radius 3 is 2.55 bits per heavy atom. The Balaban J connectivity index is 0.00000231. The smallest absolute Gasteiger partial charge is 0.504 e. The van der Waals surface area contributed by atoms with E-state index in [2.05, 4.69) is 9.72 Å². The summed E-state index contributed by atoms with van der Waals surface area (Å²) in [4.78, 5) is 27.3. The number of aryl methyl sites for hydroxylation is 1. The number of pyridine rings is 1. The molecule has 1 saturated carbocycles. The Morgan fingerprint density at radius 2 is 1.90 bits per heavy atom. The number of carboxylic acid groups (broad SMARTS) is 1. The molecule has 3 atom stereocenters. The fourth-order valence-electron chi connectivity index (χ4n) is 4.83. The largest absolute Gasteiger partial charge is 0.511 e. The van der Waals surface area contributed by atoms with E-state index in [4.69, 9.17) is 10.8 Å². The fourth-order valence-corrected chi connectivity index (χ4v) is 4.83. The number of carbonyl (C=O) groups is 1. The zero-order valence-electron chi connectivity index (χ0n) is 16.2. The number of piperidine rings is 1. The second kappa shape index (κ2) is 7.38. The number of nitrogens with one attached hydrogen (secondary N) is 1. The molecule has 1 aromatic heterocycles. The monoisotopic (exact) mass is 455 g/mol. The van der Waals surface area contributed by atoms with Gasteiger partial charge in [0.25, 0.3) is 5.56 Å². The summed E-state index contributed by atoms with van der Waals surface area (Å²) >= 11 is 0. The lowest BCUT2D eigenvalue weighted by Gasteiger charge is -2.24. The molecule has 31 heavy (non-hydrogen) atoms. The molecule has 8 nitrogen and oxygen atoms in total. The molecule has 3 aliphatic rings. The molecule has 0 spiro atoms. The van der Waals surface area contributed by atoms with Crippen molar-refractivity contribution in [3.8, 4) is 22.8 Å². The van der Waals surface area contributed by atoms with Crippen molar-refractivity contribution in [2.24, 2.45) is 17.6 Å². The van der Waals surface area contributed by atoms with Crippen LogP contribution in [0.5, 0.6) is 11.5 Å². The molecule has 2 aliphatic carbocycles. The number of H-pyrrole nitrogens is 1. The number of aromatic amines is 1. The molecule has 0 radical (unpaired) electrons. The number of benzene rings is 1. The molecule has 5 rings (SSSR count). The van der Waals surface area contributed by atoms with Crippen molar-refractivity contribution in [2.75, 3.05) is 18.0 Å². The van der Waals surface area contributed by atoms with E-state index in [0.29, 0.717) is 43.3 Å². The number of nitrogens with zero attached hydrogens (tertiary/aromatic N) is 1. The minimum atomic E-state index is -1.77. The SMILES string of the molecule is Cl.NC1[C@H]2CN(c3cc4c(c(F)c3F)-c3[nH]c(=O)c(OC(=O)O)c(O)c3CCC4)C[C@@H]12. The van der Waals surface area contributed by atoms with Gasteiger partial charge in [-0.25, -0.2) is 13.6 Å². The summed E-state index contributed by atoms with van der Waals surface area (Å²) in [5.74, 6) is -3.00. The molecular formula is C20H20ClF2N3O5. The summed E-state index contributed by atoms with van der Waals surface area (Å²) in [6.07, 6.45) is -0.672. The lowest BCUT2D eigenvalue weighted by Crippen LogP contribution is -2.29. The van der Waals surface area contributed by atoms with E-state index in [9.17, 15) is 14.7 Å². The number of rotatable bonds is 2. The normalized spacial score (nSPS) is 23.2. The molecule has 2 heterocycles. The van der Waals surface area contributed by atoms with Gasteiger partial charge in [0.15, 0.2) is 17.4 Å². The van der Waals surface area contributed by atoms with Crippen molar-refractivity contribution < 1.29 is 28.5 Å². The zero-order valence-corrected chi connectivity index (χ0v) is 17.0. The summed E-state index contributed by atoms with van der Waals surface area (Å²) in [6.45, 7) is 1.15. The third-order valence-corrected chi connectivity index (χ3v) is 6.43. The third-order valence-electron chi connectivity index (χ3n) is 6.43. The second-order valence-corrected chi connectivity index (χ2v) is 8.07. The zero-order chi connectivity index (χ0) is 21.3. The van der Waals surface area contributed by atoms with Crippen LogP contribution in [0.4, 0.5) is 19.3 Å². The maximum absolute atomic E-state index is 15.3. The Bertz CT molecular complexity index is 1140. The lowest BCUT2D eigenvalue weighted by molar-refractivity contribution is 0.142. The lowest BCUT2D eigenvalue weighted by atomic mass is 9.98. The molecule has 5 N–H and O–H groups in total. The molecule has 1 aliphatic heterocycles. The Hall–Kier alpha value is -2.85. The van der Waals surface area contributed by atoms with Crippen molar-refractivity contribution in [1.29, 1.82) is 0 Å². The third kappa shape index (κ3) is 3.21. The van der Waals surface area contributed by atoms with E-state index in [1.54, 1.807) is 11.0 Å². The highest BCUT2D eigenvalue weighted by atomic mass is 35.5. The van der Waals surface area contributed by atoms with Gasteiger partial charge in [-0.1, -0.05) is 0 Å². The molecule has 166 valence electrons. The van der Waals surface area contributed by atoms with Crippen LogP contribution in [-0.2, 0) is 12.8 Å². The first-order chi connectivity index (χ1) is 14.3. The van der Waals surface area contributed by atoms with Crippen LogP contribution in [0.3, 0.4) is 0 Å². The maximum Gasteiger partial charge on any atom is 0.511 e. The number of halogens is 3. The van der Waals surface area contributed by atoms with Gasteiger partial charge in [0.05, 0.1) is 11.4 Å². The van der Waals surface area contributed by atoms with Crippen LogP contribution in [0.25, 0.3) is 11.3 Å². The maximum atomic E-state index is 15.3. The molecule has 1 saturated heterocycles. The number of aromatic nitrogens is 1. The van der Waals surface area contributed by atoms with Gasteiger partial charge in [0.1, 0.15) is 0 Å². The molecule has 2 aromatic rings. The minimum Gasteiger partial charge on any atom is -0.504 e. The predicted octanol–water partition coefficient (Wildman–Crippen LogP) is 2.39. The first-order valence-electron chi connectivity index (χ1n) is 9.68. The van der Waals surface area contributed by atoms with Gasteiger partial charge < -0.3 is 30.6 Å². The van der Waals surface area contributed by atoms with Gasteiger partial charge >= 0.3 is 6.16 Å². The number of aromatic hydroxyl groups is 1. The standard InChI is InChI=1S/C20H19F2N3O5.ClH/c21-13-11(25-5-9-10(6-25)15(9)23)4-7-2-1-3-8-16(12(7)14(13)22)24-19(27)18(17(8)26)30-20(28)29;/h4,9-10,15H,1-3,5-6,23H2,(H,28,29)(H2,24,26,27);1H/t9-,10+,15?;. The van der Waals surface area contributed by atoms with E-state index >= 15 is 8.78 Å². The Morgan fingerprint density at radius 1 is 1.23 bits per heavy atom. The van der Waals surface area contributed by atoms with E-state index in [-0.39, 0.29) is 47.4 Å². The van der Waals surface area contributed by atoms with Crippen LogP contribution in [0.2, 0.25) is 0 Å². The average Bonchev–Trinajstić information content (AvgIpc) is 3.13. The van der Waals surface area contributed by atoms with Crippen molar-refractivity contribution in [3.05, 3.63) is 39.2 Å². The topological polar surface area (TPSA) is 129 Å². The summed E-state index contributed by atoms with van der Waals surface area (Å²) in [7, 11) is 0. The van der Waals surface area contributed by atoms with Crippen molar-refractivity contribution in [1.82, 2.24) is 4.98 Å². The van der Waals surface area contributed by atoms with E-state index in [0.717, 1.165) is 0 Å². The van der Waals surface area contributed by atoms with Gasteiger partial charge in [-0.2, -0.15) is 0 Å². The summed E-state index contributed by atoms with van der Waals surface area (Å²) in [6, 6.07) is 1.72. The first kappa shape index (κ1) is 21.4. The van der Waals surface area contributed by atoms with Crippen LogP contribution >= 0.6 is 12.4 Å². The first-order valence-corrected chi connectivity index (χ1v) is 9.68. The number of fused-ring (bicyclic) bond motifs is 4. The van der Waals surface area contributed by atoms with Gasteiger partial charge in [0, 0.05) is 30.3 Å². The molecule has 11 heteroatoms. The number of ether oxygens (including phenoxy) is 1. The van der Waals surface area contributed by atoms with Crippen LogP contribution in [0.1, 0.15) is 17.5 Å². The van der Waals surface area contributed by atoms with Crippen molar-refractivity contribution in [3.63, 3.8) is 0 Å². The minimum absolute atomic E-state index is 0. The van der Waals surface area contributed by atoms with Gasteiger partial charge in [-0.05, 0) is 42.7 Å². The highest BCUT2D eigenvalue weighted by molar-refractivity contribution is 5.85. The summed E-state index contributed by atoms with van der Waals surface area (Å²) in [5, 5.41) is 19.2.